The third-order valence-electron chi connectivity index (χ3n) is 3.44. The van der Waals surface area contributed by atoms with E-state index in [9.17, 15) is 4.79 Å². The molecule has 1 aliphatic heterocycles. The summed E-state index contributed by atoms with van der Waals surface area (Å²) in [6.07, 6.45) is 2.01. The number of aromatic nitrogens is 1. The minimum atomic E-state index is -0.00501. The van der Waals surface area contributed by atoms with E-state index in [1.807, 2.05) is 18.2 Å². The van der Waals surface area contributed by atoms with E-state index in [0.717, 1.165) is 44.0 Å². The van der Waals surface area contributed by atoms with Gasteiger partial charge in [-0.1, -0.05) is 6.07 Å². The number of carbonyl (C=O) groups excluding carboxylic acids is 1. The van der Waals surface area contributed by atoms with Gasteiger partial charge in [0.15, 0.2) is 0 Å². The number of hydrogen-bond donors (Lipinski definition) is 2. The van der Waals surface area contributed by atoms with Gasteiger partial charge in [0.05, 0.1) is 11.7 Å². The van der Waals surface area contributed by atoms with Crippen LogP contribution in [0.5, 0.6) is 0 Å². The summed E-state index contributed by atoms with van der Waals surface area (Å²) in [7, 11) is 1.70. The lowest BCUT2D eigenvalue weighted by Gasteiger charge is -2.22. The Hall–Kier alpha value is -1.62. The zero-order chi connectivity index (χ0) is 13.7. The molecule has 2 heterocycles. The summed E-state index contributed by atoms with van der Waals surface area (Å²) in [5.74, 6) is 1.01. The number of anilines is 1. The first kappa shape index (κ1) is 13.8. The molecule has 1 fully saturated rings. The Balaban J connectivity index is 2.03. The summed E-state index contributed by atoms with van der Waals surface area (Å²) in [6, 6.07) is 5.98. The van der Waals surface area contributed by atoms with Crippen LogP contribution >= 0.6 is 0 Å². The fraction of sp³-hybridized carbons (Fsp3) is 0.571. The van der Waals surface area contributed by atoms with Gasteiger partial charge >= 0.3 is 0 Å². The van der Waals surface area contributed by atoms with Crippen LogP contribution in [0.25, 0.3) is 0 Å². The van der Waals surface area contributed by atoms with E-state index < -0.39 is 0 Å². The van der Waals surface area contributed by atoms with Gasteiger partial charge in [0.1, 0.15) is 5.82 Å². The molecule has 2 N–H and O–H groups in total. The van der Waals surface area contributed by atoms with E-state index in [1.54, 1.807) is 7.05 Å². The van der Waals surface area contributed by atoms with Gasteiger partial charge in [-0.05, 0) is 38.4 Å². The van der Waals surface area contributed by atoms with Gasteiger partial charge in [0.25, 0.3) is 0 Å². The van der Waals surface area contributed by atoms with Crippen LogP contribution in [0.15, 0.2) is 18.2 Å². The van der Waals surface area contributed by atoms with Crippen molar-refractivity contribution in [1.82, 2.24) is 15.2 Å². The van der Waals surface area contributed by atoms with E-state index in [2.05, 4.69) is 27.4 Å². The summed E-state index contributed by atoms with van der Waals surface area (Å²) in [5, 5.41) is 5.95. The Labute approximate surface area is 114 Å². The molecule has 0 bridgehead atoms. The molecule has 2 rings (SSSR count). The fourth-order valence-electron chi connectivity index (χ4n) is 2.53. The lowest BCUT2D eigenvalue weighted by Crippen LogP contribution is -2.41. The van der Waals surface area contributed by atoms with Crippen molar-refractivity contribution < 1.29 is 4.79 Å². The average molecular weight is 262 g/mol. The second kappa shape index (κ2) is 6.52. The molecule has 1 saturated heterocycles. The Kier molecular flexibility index (Phi) is 4.74. The molecular weight excluding hydrogens is 240 g/mol. The molecule has 0 radical (unpaired) electrons. The number of pyridine rings is 1. The van der Waals surface area contributed by atoms with E-state index in [4.69, 9.17) is 0 Å². The van der Waals surface area contributed by atoms with Crippen molar-refractivity contribution in [2.24, 2.45) is 0 Å². The van der Waals surface area contributed by atoms with Gasteiger partial charge in [0.2, 0.25) is 5.91 Å². The number of likely N-dealkylation sites (tertiary alicyclic amines) is 1. The van der Waals surface area contributed by atoms with E-state index in [-0.39, 0.29) is 11.9 Å². The number of carbonyl (C=O) groups is 1. The highest BCUT2D eigenvalue weighted by Crippen LogP contribution is 2.20. The molecule has 0 saturated carbocycles. The highest BCUT2D eigenvalue weighted by molar-refractivity contribution is 5.81. The number of likely N-dealkylation sites (N-methyl/N-ethyl adjacent to an activating group) is 1. The third kappa shape index (κ3) is 3.44. The molecule has 1 aromatic rings. The highest BCUT2D eigenvalue weighted by Gasteiger charge is 2.29. The Morgan fingerprint density at radius 3 is 3.11 bits per heavy atom. The van der Waals surface area contributed by atoms with Crippen molar-refractivity contribution in [3.63, 3.8) is 0 Å². The molecule has 1 atom stereocenters. The molecule has 0 aliphatic carbocycles. The minimum Gasteiger partial charge on any atom is -0.370 e. The SMILES string of the molecule is CCNc1cccc(CN2CCCC2C(=O)NC)n1. The van der Waals surface area contributed by atoms with Gasteiger partial charge in [-0.3, -0.25) is 9.69 Å². The molecule has 1 unspecified atom stereocenters. The van der Waals surface area contributed by atoms with Crippen molar-refractivity contribution in [1.29, 1.82) is 0 Å². The Morgan fingerprint density at radius 2 is 2.37 bits per heavy atom. The number of nitrogens with zero attached hydrogens (tertiary/aromatic N) is 2. The van der Waals surface area contributed by atoms with Crippen LogP contribution in [-0.2, 0) is 11.3 Å². The molecule has 1 aromatic heterocycles. The number of hydrogen-bond acceptors (Lipinski definition) is 4. The van der Waals surface area contributed by atoms with Crippen molar-refractivity contribution in [2.45, 2.75) is 32.4 Å². The molecule has 5 heteroatoms. The summed E-state index contributed by atoms with van der Waals surface area (Å²) in [6.45, 7) is 4.61. The first-order valence-electron chi connectivity index (χ1n) is 6.90. The van der Waals surface area contributed by atoms with Crippen LogP contribution in [-0.4, -0.2) is 42.0 Å². The largest absolute Gasteiger partial charge is 0.370 e. The lowest BCUT2D eigenvalue weighted by atomic mass is 10.2. The summed E-state index contributed by atoms with van der Waals surface area (Å²) in [5.41, 5.74) is 1.01. The topological polar surface area (TPSA) is 57.3 Å². The van der Waals surface area contributed by atoms with Crippen LogP contribution in [0.4, 0.5) is 5.82 Å². The number of amides is 1. The van der Waals surface area contributed by atoms with Crippen LogP contribution in [0, 0.1) is 0 Å². The normalized spacial score (nSPS) is 19.4. The highest BCUT2D eigenvalue weighted by atomic mass is 16.2. The minimum absolute atomic E-state index is 0.00501. The van der Waals surface area contributed by atoms with Crippen molar-refractivity contribution in [3.8, 4) is 0 Å². The Morgan fingerprint density at radius 1 is 1.53 bits per heavy atom. The summed E-state index contributed by atoms with van der Waals surface area (Å²) < 4.78 is 0. The predicted molar refractivity (Wildman–Crippen MR) is 75.9 cm³/mol. The van der Waals surface area contributed by atoms with Gasteiger partial charge in [-0.25, -0.2) is 4.98 Å². The first-order valence-corrected chi connectivity index (χ1v) is 6.90. The molecule has 19 heavy (non-hydrogen) atoms. The number of rotatable bonds is 5. The summed E-state index contributed by atoms with van der Waals surface area (Å²) >= 11 is 0. The van der Waals surface area contributed by atoms with E-state index in [1.165, 1.54) is 0 Å². The van der Waals surface area contributed by atoms with Crippen molar-refractivity contribution >= 4 is 11.7 Å². The first-order chi connectivity index (χ1) is 9.24. The predicted octanol–water partition coefficient (Wildman–Crippen LogP) is 1.22. The fourth-order valence-corrected chi connectivity index (χ4v) is 2.53. The zero-order valence-corrected chi connectivity index (χ0v) is 11.6. The van der Waals surface area contributed by atoms with Crippen molar-refractivity contribution in [2.75, 3.05) is 25.5 Å². The van der Waals surface area contributed by atoms with E-state index >= 15 is 0 Å². The Bertz CT molecular complexity index is 435. The maximum absolute atomic E-state index is 11.8. The second-order valence-corrected chi connectivity index (χ2v) is 4.79. The molecule has 104 valence electrons. The standard InChI is InChI=1S/C14H22N4O/c1-3-16-13-8-4-6-11(17-13)10-18-9-5-7-12(18)14(19)15-2/h4,6,8,12H,3,5,7,9-10H2,1-2H3,(H,15,19)(H,16,17). The van der Waals surface area contributed by atoms with Crippen molar-refractivity contribution in [3.05, 3.63) is 23.9 Å². The van der Waals surface area contributed by atoms with Gasteiger partial charge in [-0.15, -0.1) is 0 Å². The van der Waals surface area contributed by atoms with E-state index in [0.29, 0.717) is 0 Å². The average Bonchev–Trinajstić information content (AvgIpc) is 2.87. The van der Waals surface area contributed by atoms with Crippen LogP contribution in [0.2, 0.25) is 0 Å². The molecular formula is C14H22N4O. The van der Waals surface area contributed by atoms with Crippen LogP contribution in [0.1, 0.15) is 25.5 Å². The zero-order valence-electron chi connectivity index (χ0n) is 11.6. The maximum Gasteiger partial charge on any atom is 0.237 e. The number of nitrogens with one attached hydrogen (secondary N) is 2. The monoisotopic (exact) mass is 262 g/mol. The van der Waals surface area contributed by atoms with Gasteiger partial charge in [0, 0.05) is 20.1 Å². The molecule has 0 spiro atoms. The summed E-state index contributed by atoms with van der Waals surface area (Å²) in [4.78, 5) is 18.6. The van der Waals surface area contributed by atoms with Gasteiger partial charge in [-0.2, -0.15) is 0 Å². The maximum atomic E-state index is 11.8. The lowest BCUT2D eigenvalue weighted by molar-refractivity contribution is -0.125. The third-order valence-corrected chi connectivity index (χ3v) is 3.44. The smallest absolute Gasteiger partial charge is 0.237 e. The second-order valence-electron chi connectivity index (χ2n) is 4.79. The van der Waals surface area contributed by atoms with Crippen LogP contribution < -0.4 is 10.6 Å². The molecule has 1 amide bonds. The molecule has 1 aliphatic rings. The molecule has 5 nitrogen and oxygen atoms in total. The van der Waals surface area contributed by atoms with Crippen LogP contribution in [0.3, 0.4) is 0 Å². The molecule has 0 aromatic carbocycles. The van der Waals surface area contributed by atoms with Gasteiger partial charge < -0.3 is 10.6 Å². The quantitative estimate of drug-likeness (QED) is 0.838.